The summed E-state index contributed by atoms with van der Waals surface area (Å²) in [6.45, 7) is 0.826. The molecule has 0 aliphatic heterocycles. The van der Waals surface area contributed by atoms with Gasteiger partial charge in [0.05, 0.1) is 13.2 Å². The Morgan fingerprint density at radius 1 is 1.33 bits per heavy atom. The molecule has 24 heavy (non-hydrogen) atoms. The van der Waals surface area contributed by atoms with Crippen molar-refractivity contribution in [3.63, 3.8) is 0 Å². The van der Waals surface area contributed by atoms with Crippen LogP contribution in [0.2, 0.25) is 5.02 Å². The molecule has 1 aromatic heterocycles. The van der Waals surface area contributed by atoms with Gasteiger partial charge in [-0.2, -0.15) is 5.26 Å². The lowest BCUT2D eigenvalue weighted by Crippen LogP contribution is -2.23. The number of benzene rings is 1. The van der Waals surface area contributed by atoms with Crippen LogP contribution >= 0.6 is 11.6 Å². The molecule has 2 rings (SSSR count). The van der Waals surface area contributed by atoms with Crippen molar-refractivity contribution in [2.24, 2.45) is 10.2 Å². The van der Waals surface area contributed by atoms with Crippen LogP contribution in [-0.4, -0.2) is 26.5 Å². The van der Waals surface area contributed by atoms with Gasteiger partial charge in [-0.15, -0.1) is 10.2 Å². The SMILES string of the molecule is Cc1c(C#N)c(O)n(CCO)c(=O)c1N=Nc1cc(Cl)ccc1O. The van der Waals surface area contributed by atoms with Crippen molar-refractivity contribution in [2.75, 3.05) is 6.61 Å². The maximum Gasteiger partial charge on any atom is 0.281 e. The van der Waals surface area contributed by atoms with E-state index in [4.69, 9.17) is 22.0 Å². The summed E-state index contributed by atoms with van der Waals surface area (Å²) in [6, 6.07) is 5.93. The lowest BCUT2D eigenvalue weighted by molar-refractivity contribution is 0.263. The van der Waals surface area contributed by atoms with E-state index in [-0.39, 0.29) is 34.8 Å². The largest absolute Gasteiger partial charge is 0.506 e. The second kappa shape index (κ2) is 7.12. The number of phenolic OH excluding ortho intramolecular Hbond substituents is 1. The zero-order chi connectivity index (χ0) is 17.9. The molecule has 0 spiro atoms. The molecule has 0 fully saturated rings. The number of nitriles is 1. The Morgan fingerprint density at radius 3 is 2.67 bits per heavy atom. The number of aliphatic hydroxyl groups excluding tert-OH is 1. The zero-order valence-corrected chi connectivity index (χ0v) is 13.3. The molecule has 0 saturated heterocycles. The van der Waals surface area contributed by atoms with Gasteiger partial charge >= 0.3 is 0 Å². The lowest BCUT2D eigenvalue weighted by atomic mass is 10.1. The summed E-state index contributed by atoms with van der Waals surface area (Å²) in [5.74, 6) is -0.727. The predicted octanol–water partition coefficient (Wildman–Crippen LogP) is 2.50. The summed E-state index contributed by atoms with van der Waals surface area (Å²) in [7, 11) is 0. The highest BCUT2D eigenvalue weighted by atomic mass is 35.5. The first-order valence-corrected chi connectivity index (χ1v) is 7.16. The molecule has 9 heteroatoms. The molecule has 1 heterocycles. The first-order chi connectivity index (χ1) is 11.4. The monoisotopic (exact) mass is 348 g/mol. The topological polar surface area (TPSA) is 131 Å². The molecule has 0 aliphatic rings. The average molecular weight is 349 g/mol. The van der Waals surface area contributed by atoms with E-state index in [2.05, 4.69) is 10.2 Å². The molecule has 0 saturated carbocycles. The van der Waals surface area contributed by atoms with Crippen LogP contribution in [0.15, 0.2) is 33.2 Å². The van der Waals surface area contributed by atoms with E-state index in [9.17, 15) is 15.0 Å². The standard InChI is InChI=1S/C15H13ClN4O4/c1-8-10(7-17)14(23)20(4-5-21)15(24)13(8)19-18-11-6-9(16)2-3-12(11)22/h2-3,6,21-23H,4-5H2,1H3. The number of aliphatic hydroxyl groups is 1. The summed E-state index contributed by atoms with van der Waals surface area (Å²) in [6.07, 6.45) is 0. The molecule has 8 nitrogen and oxygen atoms in total. The number of hydrogen-bond acceptors (Lipinski definition) is 7. The number of rotatable bonds is 4. The molecule has 0 unspecified atom stereocenters. The molecule has 124 valence electrons. The lowest BCUT2D eigenvalue weighted by Gasteiger charge is -2.11. The minimum atomic E-state index is -0.719. The van der Waals surface area contributed by atoms with Gasteiger partial charge in [0.15, 0.2) is 5.69 Å². The van der Waals surface area contributed by atoms with Crippen molar-refractivity contribution < 1.29 is 15.3 Å². The van der Waals surface area contributed by atoms with Crippen LogP contribution in [0.5, 0.6) is 11.6 Å². The summed E-state index contributed by atoms with van der Waals surface area (Å²) in [5.41, 5.74) is -0.867. The van der Waals surface area contributed by atoms with Crippen molar-refractivity contribution >= 4 is 23.0 Å². The highest BCUT2D eigenvalue weighted by molar-refractivity contribution is 6.30. The van der Waals surface area contributed by atoms with Crippen LogP contribution in [0.3, 0.4) is 0 Å². The maximum absolute atomic E-state index is 12.4. The smallest absolute Gasteiger partial charge is 0.281 e. The predicted molar refractivity (Wildman–Crippen MR) is 86.2 cm³/mol. The van der Waals surface area contributed by atoms with E-state index in [1.807, 2.05) is 0 Å². The number of phenols is 1. The molecule has 0 atom stereocenters. The van der Waals surface area contributed by atoms with Gasteiger partial charge in [0.25, 0.3) is 5.56 Å². The van der Waals surface area contributed by atoms with Gasteiger partial charge in [0.2, 0.25) is 5.88 Å². The van der Waals surface area contributed by atoms with Gasteiger partial charge in [-0.3, -0.25) is 9.36 Å². The van der Waals surface area contributed by atoms with Gasteiger partial charge < -0.3 is 15.3 Å². The molecule has 0 amide bonds. The fraction of sp³-hybridized carbons (Fsp3) is 0.200. The van der Waals surface area contributed by atoms with E-state index in [1.54, 1.807) is 6.07 Å². The maximum atomic E-state index is 12.4. The number of aromatic nitrogens is 1. The first-order valence-electron chi connectivity index (χ1n) is 6.78. The van der Waals surface area contributed by atoms with Crippen LogP contribution in [0.4, 0.5) is 11.4 Å². The minimum absolute atomic E-state index is 0.0431. The van der Waals surface area contributed by atoms with Crippen LogP contribution in [0.25, 0.3) is 0 Å². The Labute approximate surface area is 141 Å². The molecule has 0 radical (unpaired) electrons. The third-order valence-corrected chi connectivity index (χ3v) is 3.52. The summed E-state index contributed by atoms with van der Waals surface area (Å²) in [5, 5.41) is 45.8. The highest BCUT2D eigenvalue weighted by Gasteiger charge is 2.19. The Bertz CT molecular complexity index is 915. The number of pyridine rings is 1. The second-order valence-electron chi connectivity index (χ2n) is 4.80. The number of hydrogen-bond donors (Lipinski definition) is 3. The van der Waals surface area contributed by atoms with E-state index in [0.717, 1.165) is 4.57 Å². The Hall–Kier alpha value is -2.89. The third-order valence-electron chi connectivity index (χ3n) is 3.29. The molecular weight excluding hydrogens is 336 g/mol. The minimum Gasteiger partial charge on any atom is -0.506 e. The Kier molecular flexibility index (Phi) is 5.18. The zero-order valence-electron chi connectivity index (χ0n) is 12.6. The van der Waals surface area contributed by atoms with Gasteiger partial charge in [-0.1, -0.05) is 11.6 Å². The van der Waals surface area contributed by atoms with E-state index >= 15 is 0 Å². The highest BCUT2D eigenvalue weighted by Crippen LogP contribution is 2.32. The van der Waals surface area contributed by atoms with Gasteiger partial charge in [0.1, 0.15) is 23.1 Å². The van der Waals surface area contributed by atoms with Crippen molar-refractivity contribution in [3.8, 4) is 17.7 Å². The van der Waals surface area contributed by atoms with Gasteiger partial charge in [-0.25, -0.2) is 0 Å². The molecule has 3 N–H and O–H groups in total. The van der Waals surface area contributed by atoms with E-state index < -0.39 is 18.0 Å². The van der Waals surface area contributed by atoms with E-state index in [1.165, 1.54) is 25.1 Å². The summed E-state index contributed by atoms with van der Waals surface area (Å²) in [4.78, 5) is 12.4. The fourth-order valence-electron chi connectivity index (χ4n) is 2.05. The molecule has 1 aromatic carbocycles. The Balaban J connectivity index is 2.64. The molecule has 0 bridgehead atoms. The van der Waals surface area contributed by atoms with Crippen molar-refractivity contribution in [1.29, 1.82) is 5.26 Å². The van der Waals surface area contributed by atoms with Crippen molar-refractivity contribution in [1.82, 2.24) is 4.57 Å². The molecule has 2 aromatic rings. The fourth-order valence-corrected chi connectivity index (χ4v) is 2.21. The normalized spacial score (nSPS) is 10.9. The second-order valence-corrected chi connectivity index (χ2v) is 5.23. The third kappa shape index (κ3) is 3.22. The first kappa shape index (κ1) is 17.5. The van der Waals surface area contributed by atoms with Crippen LogP contribution < -0.4 is 5.56 Å². The van der Waals surface area contributed by atoms with E-state index in [0.29, 0.717) is 5.02 Å². The van der Waals surface area contributed by atoms with Crippen LogP contribution in [0.1, 0.15) is 11.1 Å². The Morgan fingerprint density at radius 2 is 2.04 bits per heavy atom. The summed E-state index contributed by atoms with van der Waals surface area (Å²) >= 11 is 5.81. The number of azo groups is 1. The molecular formula is C15H13ClN4O4. The van der Waals surface area contributed by atoms with Gasteiger partial charge in [-0.05, 0) is 25.1 Å². The van der Waals surface area contributed by atoms with Crippen LogP contribution in [0, 0.1) is 18.3 Å². The van der Waals surface area contributed by atoms with Crippen molar-refractivity contribution in [3.05, 3.63) is 44.7 Å². The molecule has 0 aliphatic carbocycles. The number of nitrogens with zero attached hydrogens (tertiary/aromatic N) is 4. The van der Waals surface area contributed by atoms with Crippen LogP contribution in [-0.2, 0) is 6.54 Å². The van der Waals surface area contributed by atoms with Gasteiger partial charge in [0, 0.05) is 10.6 Å². The number of halogens is 1. The average Bonchev–Trinajstić information content (AvgIpc) is 2.55. The van der Waals surface area contributed by atoms with Crippen molar-refractivity contribution in [2.45, 2.75) is 13.5 Å². The summed E-state index contributed by atoms with van der Waals surface area (Å²) < 4.78 is 0.831. The quantitative estimate of drug-likeness (QED) is 0.730. The number of aromatic hydroxyl groups is 2.